The van der Waals surface area contributed by atoms with Crippen LogP contribution < -0.4 is 5.32 Å². The van der Waals surface area contributed by atoms with E-state index in [0.717, 1.165) is 6.29 Å². The third-order valence-electron chi connectivity index (χ3n) is 4.12. The fraction of sp³-hybridized carbons (Fsp3) is 0.667. The molecule has 0 radical (unpaired) electrons. The van der Waals surface area contributed by atoms with Crippen molar-refractivity contribution in [2.75, 3.05) is 13.2 Å². The van der Waals surface area contributed by atoms with E-state index in [-0.39, 0.29) is 25.5 Å². The van der Waals surface area contributed by atoms with Crippen LogP contribution in [0.25, 0.3) is 0 Å². The average Bonchev–Trinajstić information content (AvgIpc) is 3.22. The summed E-state index contributed by atoms with van der Waals surface area (Å²) >= 11 is 0. The topological polar surface area (TPSA) is 256 Å². The summed E-state index contributed by atoms with van der Waals surface area (Å²) < 4.78 is 34.3. The minimum atomic E-state index is -4.42. The van der Waals surface area contributed by atoms with Gasteiger partial charge in [-0.15, -0.1) is 5.10 Å². The van der Waals surface area contributed by atoms with Crippen molar-refractivity contribution in [3.63, 3.8) is 0 Å². The van der Waals surface area contributed by atoms with Gasteiger partial charge in [-0.2, -0.15) is 8.42 Å². The predicted molar refractivity (Wildman–Crippen MR) is 115 cm³/mol. The molecule has 1 aromatic heterocycles. The molecule has 1 aromatic rings. The van der Waals surface area contributed by atoms with Gasteiger partial charge in [-0.1, -0.05) is 19.1 Å². The Balaban J connectivity index is 0.000000661. The summed E-state index contributed by atoms with van der Waals surface area (Å²) in [6.07, 6.45) is -2.26. The van der Waals surface area contributed by atoms with Crippen molar-refractivity contribution in [3.05, 3.63) is 11.9 Å². The second kappa shape index (κ2) is 16.0. The maximum Gasteiger partial charge on any atom is 0.397 e. The van der Waals surface area contributed by atoms with Crippen LogP contribution in [0.1, 0.15) is 26.0 Å². The fourth-order valence-corrected chi connectivity index (χ4v) is 2.55. The number of rotatable bonds is 15. The molecule has 0 unspecified atom stereocenters. The van der Waals surface area contributed by atoms with Crippen LogP contribution in [0.15, 0.2) is 6.20 Å². The van der Waals surface area contributed by atoms with Gasteiger partial charge in [0.15, 0.2) is 6.10 Å². The Morgan fingerprint density at radius 3 is 2.29 bits per heavy atom. The van der Waals surface area contributed by atoms with E-state index in [0.29, 0.717) is 18.4 Å². The lowest BCUT2D eigenvalue weighted by atomic mass is 10.1. The molecular weight excluding hydrogens is 496 g/mol. The number of carbonyl (C=O) groups is 4. The van der Waals surface area contributed by atoms with E-state index in [1.807, 2.05) is 0 Å². The second-order valence-corrected chi connectivity index (χ2v) is 8.59. The van der Waals surface area contributed by atoms with Crippen LogP contribution in [-0.2, 0) is 46.7 Å². The Labute approximate surface area is 200 Å². The molecule has 17 heteroatoms. The molecule has 1 amide bonds. The molecule has 5 atom stereocenters. The van der Waals surface area contributed by atoms with Gasteiger partial charge in [-0.05, 0) is 0 Å². The SMILES string of the molecule is C[C@H](C=O)CC(=O)NC[C@H](O)[C@@H](O)[C@H](O)C(=O)O.C[C@H](C=O)Cc1cn(CCOS(=O)(=O)O)nn1. The van der Waals surface area contributed by atoms with Crippen molar-refractivity contribution in [1.82, 2.24) is 20.3 Å². The summed E-state index contributed by atoms with van der Waals surface area (Å²) in [6.45, 7) is 2.78. The van der Waals surface area contributed by atoms with Gasteiger partial charge in [0.25, 0.3) is 0 Å². The molecule has 0 bridgehead atoms. The number of hydrogen-bond donors (Lipinski definition) is 6. The summed E-state index contributed by atoms with van der Waals surface area (Å²) in [5.74, 6) is -2.82. The van der Waals surface area contributed by atoms with Crippen molar-refractivity contribution in [3.8, 4) is 0 Å². The Kier molecular flexibility index (Phi) is 14.7. The first-order chi connectivity index (χ1) is 16.2. The molecule has 1 rings (SSSR count). The van der Waals surface area contributed by atoms with Crippen molar-refractivity contribution in [2.45, 2.75) is 51.5 Å². The van der Waals surface area contributed by atoms with E-state index in [1.165, 1.54) is 11.6 Å². The molecule has 0 fully saturated rings. The maximum absolute atomic E-state index is 11.2. The van der Waals surface area contributed by atoms with E-state index < -0.39 is 53.1 Å². The van der Waals surface area contributed by atoms with Crippen LogP contribution >= 0.6 is 0 Å². The third kappa shape index (κ3) is 14.9. The number of amides is 1. The second-order valence-electron chi connectivity index (χ2n) is 7.50. The van der Waals surface area contributed by atoms with Crippen molar-refractivity contribution >= 4 is 34.8 Å². The first kappa shape index (κ1) is 32.2. The van der Waals surface area contributed by atoms with E-state index in [9.17, 15) is 37.8 Å². The number of aldehydes is 2. The highest BCUT2D eigenvalue weighted by atomic mass is 32.3. The highest BCUT2D eigenvalue weighted by molar-refractivity contribution is 7.80. The number of aliphatic carboxylic acids is 1. The number of carboxylic acid groups (broad SMARTS) is 1. The summed E-state index contributed by atoms with van der Waals surface area (Å²) in [6, 6.07) is 0. The van der Waals surface area contributed by atoms with Gasteiger partial charge >= 0.3 is 16.4 Å². The van der Waals surface area contributed by atoms with Crippen LogP contribution in [0, 0.1) is 11.8 Å². The Morgan fingerprint density at radius 1 is 1.17 bits per heavy atom. The zero-order chi connectivity index (χ0) is 27.2. The number of carbonyl (C=O) groups excluding carboxylic acids is 3. The van der Waals surface area contributed by atoms with Gasteiger partial charge in [0.1, 0.15) is 24.8 Å². The number of carboxylic acids is 1. The normalized spacial score (nSPS) is 15.5. The minimum absolute atomic E-state index is 0.0756. The Morgan fingerprint density at radius 2 is 1.77 bits per heavy atom. The van der Waals surface area contributed by atoms with Crippen molar-refractivity contribution < 1.29 is 56.8 Å². The molecular formula is C18H30N4O12S. The number of hydrogen-bond acceptors (Lipinski definition) is 12. The quantitative estimate of drug-likeness (QED) is 0.0981. The fourth-order valence-electron chi connectivity index (χ4n) is 2.26. The van der Waals surface area contributed by atoms with Crippen LogP contribution in [0.2, 0.25) is 0 Å². The van der Waals surface area contributed by atoms with Gasteiger partial charge in [0.05, 0.1) is 18.8 Å². The highest BCUT2D eigenvalue weighted by Crippen LogP contribution is 2.03. The minimum Gasteiger partial charge on any atom is -0.479 e. The van der Waals surface area contributed by atoms with E-state index in [2.05, 4.69) is 19.8 Å². The molecule has 0 spiro atoms. The lowest BCUT2D eigenvalue weighted by Crippen LogP contribution is -2.47. The number of aliphatic hydroxyl groups is 3. The lowest BCUT2D eigenvalue weighted by Gasteiger charge is -2.20. The Hall–Kier alpha value is -2.83. The van der Waals surface area contributed by atoms with E-state index in [4.69, 9.17) is 14.8 Å². The summed E-state index contributed by atoms with van der Waals surface area (Å²) in [7, 11) is -4.42. The highest BCUT2D eigenvalue weighted by Gasteiger charge is 2.30. The third-order valence-corrected chi connectivity index (χ3v) is 4.59. The van der Waals surface area contributed by atoms with Gasteiger partial charge in [-0.25, -0.2) is 13.7 Å². The molecule has 0 aliphatic carbocycles. The first-order valence-corrected chi connectivity index (χ1v) is 11.5. The zero-order valence-electron chi connectivity index (χ0n) is 19.0. The number of aliphatic hydroxyl groups excluding tert-OH is 3. The molecule has 0 saturated carbocycles. The molecule has 0 saturated heterocycles. The van der Waals surface area contributed by atoms with Crippen LogP contribution in [0.3, 0.4) is 0 Å². The van der Waals surface area contributed by atoms with Crippen LogP contribution in [0.5, 0.6) is 0 Å². The standard InChI is InChI=1S/C10H17NO7.C8H13N3O5S/c1-5(4-12)2-7(14)11-3-6(13)8(15)9(16)10(17)18;1-7(6-12)4-8-5-11(10-9-8)2-3-16-17(13,14)15/h4-6,8-9,13,15-16H,2-3H2,1H3,(H,11,14)(H,17,18);5-7H,2-4H2,1H3,(H,13,14,15)/t5-,6-,8+,9-;7-/m00/s1. The van der Waals surface area contributed by atoms with Gasteiger partial charge in [0, 0.05) is 37.4 Å². The number of nitrogens with zero attached hydrogens (tertiary/aromatic N) is 3. The smallest absolute Gasteiger partial charge is 0.397 e. The van der Waals surface area contributed by atoms with Crippen molar-refractivity contribution in [2.24, 2.45) is 11.8 Å². The summed E-state index contributed by atoms with van der Waals surface area (Å²) in [5.41, 5.74) is 0.636. The summed E-state index contributed by atoms with van der Waals surface area (Å²) in [4.78, 5) is 42.2. The largest absolute Gasteiger partial charge is 0.479 e. The van der Waals surface area contributed by atoms with Crippen molar-refractivity contribution in [1.29, 1.82) is 0 Å². The molecule has 16 nitrogen and oxygen atoms in total. The van der Waals surface area contributed by atoms with Crippen LogP contribution in [-0.4, -0.2) is 104 Å². The lowest BCUT2D eigenvalue weighted by molar-refractivity contribution is -0.157. The predicted octanol–water partition coefficient (Wildman–Crippen LogP) is -3.03. The molecule has 0 aromatic carbocycles. The molecule has 200 valence electrons. The Bertz CT molecular complexity index is 922. The molecule has 35 heavy (non-hydrogen) atoms. The molecule has 0 aliphatic rings. The number of nitrogens with one attached hydrogen (secondary N) is 1. The molecule has 6 N–H and O–H groups in total. The van der Waals surface area contributed by atoms with E-state index in [1.54, 1.807) is 13.1 Å². The first-order valence-electron chi connectivity index (χ1n) is 10.1. The van der Waals surface area contributed by atoms with Gasteiger partial charge < -0.3 is 35.3 Å². The monoisotopic (exact) mass is 526 g/mol. The molecule has 0 aliphatic heterocycles. The molecule has 1 heterocycles. The number of aromatic nitrogens is 3. The average molecular weight is 527 g/mol. The zero-order valence-corrected chi connectivity index (χ0v) is 19.8. The summed E-state index contributed by atoms with van der Waals surface area (Å²) in [5, 5.41) is 45.6. The van der Waals surface area contributed by atoms with Gasteiger partial charge in [0.2, 0.25) is 5.91 Å². The van der Waals surface area contributed by atoms with E-state index >= 15 is 0 Å². The van der Waals surface area contributed by atoms with Gasteiger partial charge in [-0.3, -0.25) is 9.35 Å². The maximum atomic E-state index is 11.2. The van der Waals surface area contributed by atoms with Crippen LogP contribution in [0.4, 0.5) is 0 Å².